The molecule has 0 fully saturated rings. The zero-order valence-corrected chi connectivity index (χ0v) is 17.1. The van der Waals surface area contributed by atoms with Gasteiger partial charge in [-0.2, -0.15) is 0 Å². The number of thiazole rings is 1. The predicted molar refractivity (Wildman–Crippen MR) is 110 cm³/mol. The molecule has 3 aromatic rings. The summed E-state index contributed by atoms with van der Waals surface area (Å²) in [5.41, 5.74) is 1.45. The highest BCUT2D eigenvalue weighted by molar-refractivity contribution is 7.99. The van der Waals surface area contributed by atoms with Crippen molar-refractivity contribution in [2.75, 3.05) is 11.9 Å². The first-order chi connectivity index (χ1) is 13.0. The summed E-state index contributed by atoms with van der Waals surface area (Å²) in [6.45, 7) is 6.24. The molecule has 3 N–H and O–H groups in total. The van der Waals surface area contributed by atoms with Gasteiger partial charge in [0.25, 0.3) is 0 Å². The summed E-state index contributed by atoms with van der Waals surface area (Å²) in [5.74, 6) is 1.01. The highest BCUT2D eigenvalue weighted by atomic mass is 32.2. The third kappa shape index (κ3) is 5.06. The van der Waals surface area contributed by atoms with E-state index in [0.29, 0.717) is 27.2 Å². The minimum absolute atomic E-state index is 0.00415. The minimum Gasteiger partial charge on any atom is -0.394 e. The van der Waals surface area contributed by atoms with Crippen LogP contribution in [0.4, 0.5) is 5.82 Å². The van der Waals surface area contributed by atoms with E-state index in [1.165, 1.54) is 11.8 Å². The first-order valence-corrected chi connectivity index (χ1v) is 10.5. The second-order valence-electron chi connectivity index (χ2n) is 6.72. The summed E-state index contributed by atoms with van der Waals surface area (Å²) in [5, 5.41) is 13.6. The van der Waals surface area contributed by atoms with E-state index in [1.807, 2.05) is 25.1 Å². The molecule has 0 aliphatic carbocycles. The van der Waals surface area contributed by atoms with Gasteiger partial charge in [-0.3, -0.25) is 14.8 Å². The maximum atomic E-state index is 11.8. The van der Waals surface area contributed by atoms with Crippen LogP contribution in [0.15, 0.2) is 34.3 Å². The molecule has 3 aromatic heterocycles. The molecular weight excluding hydrogens is 382 g/mol. The average Bonchev–Trinajstić information content (AvgIpc) is 3.02. The number of nitrogens with zero attached hydrogens (tertiary/aromatic N) is 3. The van der Waals surface area contributed by atoms with Gasteiger partial charge in [-0.25, -0.2) is 9.97 Å². The van der Waals surface area contributed by atoms with Gasteiger partial charge in [0.15, 0.2) is 16.6 Å². The SMILES string of the molecule is CC(C)C[C@H](CO)Nc1nc(S[C@@H](C)c2ccccn2)nc2[nH]c(=O)sc12. The van der Waals surface area contributed by atoms with Crippen LogP contribution in [-0.2, 0) is 0 Å². The first-order valence-electron chi connectivity index (χ1n) is 8.82. The van der Waals surface area contributed by atoms with Crippen molar-refractivity contribution in [3.63, 3.8) is 0 Å². The number of rotatable bonds is 8. The third-order valence-electron chi connectivity index (χ3n) is 3.96. The normalized spacial score (nSPS) is 13.8. The van der Waals surface area contributed by atoms with Gasteiger partial charge in [-0.1, -0.05) is 43.0 Å². The van der Waals surface area contributed by atoms with Crippen LogP contribution < -0.4 is 10.2 Å². The Bertz CT molecular complexity index is 942. The van der Waals surface area contributed by atoms with E-state index in [4.69, 9.17) is 0 Å². The van der Waals surface area contributed by atoms with E-state index in [1.54, 1.807) is 6.20 Å². The fourth-order valence-corrected chi connectivity index (χ4v) is 4.35. The number of aromatic nitrogens is 4. The quantitative estimate of drug-likeness (QED) is 0.389. The van der Waals surface area contributed by atoms with Crippen LogP contribution in [0.3, 0.4) is 0 Å². The van der Waals surface area contributed by atoms with E-state index in [0.717, 1.165) is 23.5 Å². The molecule has 9 heteroatoms. The van der Waals surface area contributed by atoms with Gasteiger partial charge in [0.05, 0.1) is 23.6 Å². The average molecular weight is 406 g/mol. The van der Waals surface area contributed by atoms with Gasteiger partial charge >= 0.3 is 4.87 Å². The molecule has 0 saturated heterocycles. The summed E-state index contributed by atoms with van der Waals surface area (Å²) in [6.07, 6.45) is 2.56. The molecule has 0 unspecified atom stereocenters. The van der Waals surface area contributed by atoms with Gasteiger partial charge in [-0.15, -0.1) is 0 Å². The summed E-state index contributed by atoms with van der Waals surface area (Å²) in [7, 11) is 0. The van der Waals surface area contributed by atoms with Crippen LogP contribution in [-0.4, -0.2) is 37.7 Å². The van der Waals surface area contributed by atoms with E-state index >= 15 is 0 Å². The fraction of sp³-hybridized carbons (Fsp3) is 0.444. The molecular formula is C18H23N5O2S2. The summed E-state index contributed by atoms with van der Waals surface area (Å²) in [4.78, 5) is 27.9. The molecule has 2 atom stereocenters. The molecule has 0 saturated carbocycles. The van der Waals surface area contributed by atoms with E-state index < -0.39 is 0 Å². The second kappa shape index (κ2) is 8.81. The van der Waals surface area contributed by atoms with Crippen molar-refractivity contribution in [3.05, 3.63) is 39.8 Å². The Balaban J connectivity index is 1.91. The Kier molecular flexibility index (Phi) is 6.46. The lowest BCUT2D eigenvalue weighted by molar-refractivity contribution is 0.259. The second-order valence-corrected chi connectivity index (χ2v) is 9.01. The number of H-pyrrole nitrogens is 1. The molecule has 0 spiro atoms. The van der Waals surface area contributed by atoms with Crippen LogP contribution >= 0.6 is 23.1 Å². The number of aliphatic hydroxyl groups excluding tert-OH is 1. The number of aliphatic hydroxyl groups is 1. The van der Waals surface area contributed by atoms with E-state index in [2.05, 4.69) is 39.1 Å². The standard InChI is InChI=1S/C18H23N5O2S2/c1-10(2)8-12(9-24)20-15-14-16(23-18(25)27-14)22-17(21-15)26-11(3)13-6-4-5-7-19-13/h4-7,10-12,24H,8-9H2,1-3H3,(H2,20,21,22,23,25)/t11-,12+/m0/s1. The van der Waals surface area contributed by atoms with Crippen molar-refractivity contribution in [2.45, 2.75) is 43.6 Å². The van der Waals surface area contributed by atoms with Crippen molar-refractivity contribution in [1.82, 2.24) is 19.9 Å². The number of fused-ring (bicyclic) bond motifs is 1. The molecule has 0 radical (unpaired) electrons. The van der Waals surface area contributed by atoms with Crippen LogP contribution in [0.2, 0.25) is 0 Å². The van der Waals surface area contributed by atoms with Gasteiger partial charge in [0.2, 0.25) is 0 Å². The Hall–Kier alpha value is -1.97. The number of aromatic amines is 1. The topological polar surface area (TPSA) is 104 Å². The van der Waals surface area contributed by atoms with E-state index in [-0.39, 0.29) is 22.8 Å². The largest absolute Gasteiger partial charge is 0.394 e. The Morgan fingerprint density at radius 2 is 2.11 bits per heavy atom. The van der Waals surface area contributed by atoms with Crippen LogP contribution in [0, 0.1) is 5.92 Å². The highest BCUT2D eigenvalue weighted by Gasteiger charge is 2.18. The third-order valence-corrected chi connectivity index (χ3v) is 5.83. The first kappa shape index (κ1) is 19.8. The van der Waals surface area contributed by atoms with Crippen molar-refractivity contribution in [1.29, 1.82) is 0 Å². The zero-order valence-electron chi connectivity index (χ0n) is 15.5. The van der Waals surface area contributed by atoms with E-state index in [9.17, 15) is 9.90 Å². The zero-order chi connectivity index (χ0) is 19.4. The van der Waals surface area contributed by atoms with Gasteiger partial charge in [0, 0.05) is 6.20 Å². The molecule has 27 heavy (non-hydrogen) atoms. The van der Waals surface area contributed by atoms with Crippen LogP contribution in [0.1, 0.15) is 38.1 Å². The van der Waals surface area contributed by atoms with Crippen molar-refractivity contribution < 1.29 is 5.11 Å². The lowest BCUT2D eigenvalue weighted by Crippen LogP contribution is -2.26. The highest BCUT2D eigenvalue weighted by Crippen LogP contribution is 2.34. The number of pyridine rings is 1. The molecule has 0 aliphatic heterocycles. The van der Waals surface area contributed by atoms with Crippen molar-refractivity contribution in [3.8, 4) is 0 Å². The van der Waals surface area contributed by atoms with Gasteiger partial charge < -0.3 is 10.4 Å². The van der Waals surface area contributed by atoms with Gasteiger partial charge in [-0.05, 0) is 31.4 Å². The molecule has 144 valence electrons. The lowest BCUT2D eigenvalue weighted by atomic mass is 10.0. The number of hydrogen-bond acceptors (Lipinski definition) is 8. The summed E-state index contributed by atoms with van der Waals surface area (Å²) >= 11 is 2.55. The Labute approximate surface area is 165 Å². The monoisotopic (exact) mass is 405 g/mol. The predicted octanol–water partition coefficient (Wildman–Crippen LogP) is 3.45. The molecule has 3 rings (SSSR count). The maximum Gasteiger partial charge on any atom is 0.306 e. The summed E-state index contributed by atoms with van der Waals surface area (Å²) in [6, 6.07) is 5.66. The van der Waals surface area contributed by atoms with Crippen molar-refractivity contribution >= 4 is 39.3 Å². The molecule has 0 bridgehead atoms. The molecule has 0 amide bonds. The molecule has 7 nitrogen and oxygen atoms in total. The van der Waals surface area contributed by atoms with Gasteiger partial charge in [0.1, 0.15) is 4.70 Å². The minimum atomic E-state index is -0.174. The summed E-state index contributed by atoms with van der Waals surface area (Å²) < 4.78 is 0.678. The number of nitrogens with one attached hydrogen (secondary N) is 2. The Morgan fingerprint density at radius 1 is 1.30 bits per heavy atom. The van der Waals surface area contributed by atoms with Crippen LogP contribution in [0.25, 0.3) is 10.3 Å². The molecule has 0 aliphatic rings. The molecule has 0 aromatic carbocycles. The number of hydrogen-bond donors (Lipinski definition) is 3. The Morgan fingerprint density at radius 3 is 2.78 bits per heavy atom. The van der Waals surface area contributed by atoms with Crippen molar-refractivity contribution in [2.24, 2.45) is 5.92 Å². The number of anilines is 1. The number of thioether (sulfide) groups is 1. The molecule has 3 heterocycles. The smallest absolute Gasteiger partial charge is 0.306 e. The maximum absolute atomic E-state index is 11.8. The fourth-order valence-electron chi connectivity index (χ4n) is 2.75. The lowest BCUT2D eigenvalue weighted by Gasteiger charge is -2.19. The van der Waals surface area contributed by atoms with Crippen LogP contribution in [0.5, 0.6) is 0 Å².